The number of cyclic esters (lactones) is 1. The Morgan fingerprint density at radius 3 is 2.50 bits per heavy atom. The van der Waals surface area contributed by atoms with Crippen molar-refractivity contribution in [1.82, 2.24) is 4.90 Å². The number of carbonyl (C=O) groups excluding carboxylic acids is 2. The minimum Gasteiger partial charge on any atom is -0.489 e. The number of benzene rings is 3. The summed E-state index contributed by atoms with van der Waals surface area (Å²) in [6.45, 7) is 0.622. The summed E-state index contributed by atoms with van der Waals surface area (Å²) in [6.07, 6.45) is 2.43. The SMILES string of the molecule is O=C(/C=C/c1cccc(OCc2ccccc2)c1)N1C(=O)OCC1c1ccccc1. The molecule has 0 spiro atoms. The Morgan fingerprint density at radius 1 is 1.00 bits per heavy atom. The molecule has 3 aromatic carbocycles. The van der Waals surface area contributed by atoms with E-state index >= 15 is 0 Å². The second-order valence-corrected chi connectivity index (χ2v) is 6.89. The fourth-order valence-corrected chi connectivity index (χ4v) is 3.28. The second kappa shape index (κ2) is 9.09. The van der Waals surface area contributed by atoms with E-state index in [0.29, 0.717) is 12.4 Å². The summed E-state index contributed by atoms with van der Waals surface area (Å²) in [5, 5.41) is 0. The van der Waals surface area contributed by atoms with Gasteiger partial charge >= 0.3 is 6.09 Å². The van der Waals surface area contributed by atoms with Crippen LogP contribution in [0.25, 0.3) is 6.08 Å². The maximum atomic E-state index is 12.7. The largest absolute Gasteiger partial charge is 0.489 e. The van der Waals surface area contributed by atoms with Gasteiger partial charge in [0.05, 0.1) is 0 Å². The topological polar surface area (TPSA) is 55.8 Å². The lowest BCUT2D eigenvalue weighted by Crippen LogP contribution is -2.32. The molecule has 30 heavy (non-hydrogen) atoms. The Bertz CT molecular complexity index is 1050. The highest BCUT2D eigenvalue weighted by molar-refractivity contribution is 6.02. The third-order valence-corrected chi connectivity index (χ3v) is 4.82. The number of hydrogen-bond acceptors (Lipinski definition) is 4. The van der Waals surface area contributed by atoms with Gasteiger partial charge in [0.2, 0.25) is 0 Å². The van der Waals surface area contributed by atoms with Crippen molar-refractivity contribution in [3.63, 3.8) is 0 Å². The molecule has 0 N–H and O–H groups in total. The van der Waals surface area contributed by atoms with Crippen LogP contribution in [0.4, 0.5) is 4.79 Å². The van der Waals surface area contributed by atoms with E-state index in [0.717, 1.165) is 21.6 Å². The van der Waals surface area contributed by atoms with Crippen molar-refractivity contribution < 1.29 is 19.1 Å². The van der Waals surface area contributed by atoms with Crippen molar-refractivity contribution in [2.75, 3.05) is 6.61 Å². The van der Waals surface area contributed by atoms with Gasteiger partial charge in [0, 0.05) is 6.08 Å². The molecule has 0 aromatic heterocycles. The second-order valence-electron chi connectivity index (χ2n) is 6.89. The zero-order valence-corrected chi connectivity index (χ0v) is 16.3. The summed E-state index contributed by atoms with van der Waals surface area (Å²) in [6, 6.07) is 26.3. The quantitative estimate of drug-likeness (QED) is 0.548. The molecular weight excluding hydrogens is 378 g/mol. The average Bonchev–Trinajstić information content (AvgIpc) is 3.19. The minimum absolute atomic E-state index is 0.158. The number of amides is 2. The molecule has 1 unspecified atom stereocenters. The lowest BCUT2D eigenvalue weighted by molar-refractivity contribution is -0.124. The van der Waals surface area contributed by atoms with Gasteiger partial charge in [0.25, 0.3) is 5.91 Å². The van der Waals surface area contributed by atoms with Crippen molar-refractivity contribution >= 4 is 18.1 Å². The summed E-state index contributed by atoms with van der Waals surface area (Å²) in [5.41, 5.74) is 2.74. The normalized spacial score (nSPS) is 15.9. The highest BCUT2D eigenvalue weighted by Gasteiger charge is 2.37. The lowest BCUT2D eigenvalue weighted by Gasteiger charge is -2.18. The van der Waals surface area contributed by atoms with Crippen LogP contribution in [-0.4, -0.2) is 23.5 Å². The molecule has 0 saturated carbocycles. The molecule has 0 aliphatic carbocycles. The first kappa shape index (κ1) is 19.5. The van der Waals surface area contributed by atoms with E-state index in [1.165, 1.54) is 6.08 Å². The van der Waals surface area contributed by atoms with Gasteiger partial charge < -0.3 is 9.47 Å². The number of nitrogens with zero attached hydrogens (tertiary/aromatic N) is 1. The molecule has 3 aromatic rings. The third kappa shape index (κ3) is 4.58. The Kier molecular flexibility index (Phi) is 5.90. The van der Waals surface area contributed by atoms with Crippen molar-refractivity contribution in [1.29, 1.82) is 0 Å². The van der Waals surface area contributed by atoms with Gasteiger partial charge in [0.1, 0.15) is 25.0 Å². The molecule has 0 bridgehead atoms. The van der Waals surface area contributed by atoms with Crippen molar-refractivity contribution in [2.24, 2.45) is 0 Å². The first-order valence-electron chi connectivity index (χ1n) is 9.70. The molecule has 4 rings (SSSR count). The zero-order chi connectivity index (χ0) is 20.8. The molecule has 1 fully saturated rings. The molecule has 0 radical (unpaired) electrons. The summed E-state index contributed by atoms with van der Waals surface area (Å²) >= 11 is 0. The van der Waals surface area contributed by atoms with E-state index in [1.807, 2.05) is 84.9 Å². The molecule has 1 aliphatic heterocycles. The van der Waals surface area contributed by atoms with Crippen LogP contribution in [0, 0.1) is 0 Å². The first-order valence-corrected chi connectivity index (χ1v) is 9.70. The molecule has 150 valence electrons. The first-order chi connectivity index (χ1) is 14.7. The van der Waals surface area contributed by atoms with Crippen LogP contribution in [0.3, 0.4) is 0 Å². The van der Waals surface area contributed by atoms with Crippen LogP contribution in [0.1, 0.15) is 22.7 Å². The highest BCUT2D eigenvalue weighted by Crippen LogP contribution is 2.28. The molecule has 1 atom stereocenters. The Morgan fingerprint density at radius 2 is 1.73 bits per heavy atom. The highest BCUT2D eigenvalue weighted by atomic mass is 16.6. The maximum Gasteiger partial charge on any atom is 0.417 e. The molecule has 1 heterocycles. The van der Waals surface area contributed by atoms with E-state index in [9.17, 15) is 9.59 Å². The average molecular weight is 399 g/mol. The predicted molar refractivity (Wildman–Crippen MR) is 114 cm³/mol. The van der Waals surface area contributed by atoms with E-state index < -0.39 is 18.0 Å². The Balaban J connectivity index is 1.44. The van der Waals surface area contributed by atoms with Gasteiger partial charge in [-0.05, 0) is 34.9 Å². The fraction of sp³-hybridized carbons (Fsp3) is 0.120. The number of hydrogen-bond donors (Lipinski definition) is 0. The van der Waals surface area contributed by atoms with Crippen LogP contribution >= 0.6 is 0 Å². The standard InChI is InChI=1S/C25H21NO4/c27-24(26-23(18-30-25(26)28)21-11-5-2-6-12-21)15-14-19-10-7-13-22(16-19)29-17-20-8-3-1-4-9-20/h1-16,23H,17-18H2/b15-14+. The molecule has 1 aliphatic rings. The third-order valence-electron chi connectivity index (χ3n) is 4.82. The van der Waals surface area contributed by atoms with Gasteiger partial charge in [-0.15, -0.1) is 0 Å². The van der Waals surface area contributed by atoms with Crippen LogP contribution in [0.15, 0.2) is 91.0 Å². The van der Waals surface area contributed by atoms with Gasteiger partial charge in [-0.2, -0.15) is 0 Å². The number of carbonyl (C=O) groups is 2. The predicted octanol–water partition coefficient (Wildman–Crippen LogP) is 5.00. The van der Waals surface area contributed by atoms with Gasteiger partial charge in [-0.25, -0.2) is 9.69 Å². The maximum absolute atomic E-state index is 12.7. The Labute approximate surface area is 175 Å². The summed E-state index contributed by atoms with van der Waals surface area (Å²) < 4.78 is 10.9. The van der Waals surface area contributed by atoms with E-state index in [1.54, 1.807) is 6.08 Å². The lowest BCUT2D eigenvalue weighted by atomic mass is 10.1. The van der Waals surface area contributed by atoms with Crippen LogP contribution in [0.2, 0.25) is 0 Å². The summed E-state index contributed by atoms with van der Waals surface area (Å²) in [7, 11) is 0. The minimum atomic E-state index is -0.626. The van der Waals surface area contributed by atoms with E-state index in [2.05, 4.69) is 0 Å². The molecule has 1 saturated heterocycles. The van der Waals surface area contributed by atoms with E-state index in [4.69, 9.17) is 9.47 Å². The molecular formula is C25H21NO4. The Hall–Kier alpha value is -3.86. The van der Waals surface area contributed by atoms with Crippen molar-refractivity contribution in [3.8, 4) is 5.75 Å². The monoisotopic (exact) mass is 399 g/mol. The molecule has 2 amide bonds. The van der Waals surface area contributed by atoms with Crippen LogP contribution in [-0.2, 0) is 16.1 Å². The molecule has 5 heteroatoms. The smallest absolute Gasteiger partial charge is 0.417 e. The number of ether oxygens (including phenoxy) is 2. The number of rotatable bonds is 6. The van der Waals surface area contributed by atoms with Crippen LogP contribution < -0.4 is 4.74 Å². The van der Waals surface area contributed by atoms with E-state index in [-0.39, 0.29) is 6.61 Å². The van der Waals surface area contributed by atoms with Gasteiger partial charge in [-0.1, -0.05) is 72.8 Å². The number of imide groups is 1. The van der Waals surface area contributed by atoms with Gasteiger partial charge in [0.15, 0.2) is 0 Å². The van der Waals surface area contributed by atoms with Crippen molar-refractivity contribution in [3.05, 3.63) is 108 Å². The summed E-state index contributed by atoms with van der Waals surface area (Å²) in [4.78, 5) is 26.0. The van der Waals surface area contributed by atoms with Gasteiger partial charge in [-0.3, -0.25) is 4.79 Å². The fourth-order valence-electron chi connectivity index (χ4n) is 3.28. The summed E-state index contributed by atoms with van der Waals surface area (Å²) in [5.74, 6) is 0.290. The zero-order valence-electron chi connectivity index (χ0n) is 16.3. The van der Waals surface area contributed by atoms with Crippen LogP contribution in [0.5, 0.6) is 5.75 Å². The van der Waals surface area contributed by atoms with Crippen molar-refractivity contribution in [2.45, 2.75) is 12.6 Å². The molecule has 5 nitrogen and oxygen atoms in total.